The van der Waals surface area contributed by atoms with Gasteiger partial charge < -0.3 is 10.2 Å². The Balaban J connectivity index is 0.00000312. The molecular weight excluding hydrogens is 363 g/mol. The van der Waals surface area contributed by atoms with Crippen LogP contribution in [0.1, 0.15) is 36.5 Å². The Hall–Kier alpha value is -1.11. The normalized spacial score (nSPS) is 14.9. The fourth-order valence-electron chi connectivity index (χ4n) is 2.93. The molecule has 1 saturated heterocycles. The molecule has 2 rings (SSSR count). The van der Waals surface area contributed by atoms with E-state index in [-0.39, 0.29) is 29.7 Å². The van der Waals surface area contributed by atoms with Crippen LogP contribution >= 0.6 is 24.2 Å². The summed E-state index contributed by atoms with van der Waals surface area (Å²) in [7, 11) is 1.96. The Morgan fingerprint density at radius 3 is 2.56 bits per heavy atom. The monoisotopic (exact) mass is 388 g/mol. The Morgan fingerprint density at radius 1 is 1.32 bits per heavy atom. The molecule has 0 atom stereocenters. The van der Waals surface area contributed by atoms with Gasteiger partial charge in [0.1, 0.15) is 5.82 Å². The summed E-state index contributed by atoms with van der Waals surface area (Å²) in [5.41, 5.74) is 0.0920. The lowest BCUT2D eigenvalue weighted by Gasteiger charge is -2.32. The van der Waals surface area contributed by atoms with Gasteiger partial charge in [-0.05, 0) is 63.9 Å². The summed E-state index contributed by atoms with van der Waals surface area (Å²) >= 11 is 1.32. The molecule has 0 spiro atoms. The fourth-order valence-corrected chi connectivity index (χ4v) is 3.75. The molecule has 1 aromatic rings. The highest BCUT2D eigenvalue weighted by Gasteiger charge is 2.22. The minimum Gasteiger partial charge on any atom is -0.342 e. The first kappa shape index (κ1) is 21.9. The maximum absolute atomic E-state index is 13.8. The van der Waals surface area contributed by atoms with Crippen LogP contribution in [0, 0.1) is 11.7 Å². The Kier molecular flexibility index (Phi) is 9.46. The third-order valence-electron chi connectivity index (χ3n) is 4.45. The summed E-state index contributed by atoms with van der Waals surface area (Å²) < 4.78 is 13.8. The van der Waals surface area contributed by atoms with Gasteiger partial charge in [-0.25, -0.2) is 4.39 Å². The summed E-state index contributed by atoms with van der Waals surface area (Å²) in [5, 5.41) is 3.17. The van der Waals surface area contributed by atoms with E-state index in [1.165, 1.54) is 30.8 Å². The summed E-state index contributed by atoms with van der Waals surface area (Å²) in [6, 6.07) is 4.51. The molecule has 1 heterocycles. The zero-order valence-electron chi connectivity index (χ0n) is 14.7. The van der Waals surface area contributed by atoms with Gasteiger partial charge >= 0.3 is 0 Å². The van der Waals surface area contributed by atoms with Gasteiger partial charge in [0.05, 0.1) is 11.3 Å². The third-order valence-corrected chi connectivity index (χ3v) is 5.43. The minimum atomic E-state index is -0.523. The van der Waals surface area contributed by atoms with E-state index in [4.69, 9.17) is 0 Å². The molecule has 1 aliphatic heterocycles. The molecule has 140 valence electrons. The van der Waals surface area contributed by atoms with E-state index in [0.29, 0.717) is 16.6 Å². The van der Waals surface area contributed by atoms with Crippen molar-refractivity contribution in [2.75, 3.05) is 32.4 Å². The number of likely N-dealkylation sites (tertiary alicyclic amines) is 1. The van der Waals surface area contributed by atoms with E-state index in [9.17, 15) is 14.0 Å². The number of Topliss-reactive ketones (excluding diaryl/α,β-unsaturated/α-hetero) is 1. The van der Waals surface area contributed by atoms with Crippen LogP contribution in [0.25, 0.3) is 0 Å². The quantitative estimate of drug-likeness (QED) is 0.574. The van der Waals surface area contributed by atoms with Gasteiger partial charge in [-0.3, -0.25) is 9.59 Å². The second kappa shape index (κ2) is 10.8. The molecule has 1 amide bonds. The third kappa shape index (κ3) is 6.60. The number of thioether (sulfide) groups is 1. The van der Waals surface area contributed by atoms with Crippen molar-refractivity contribution in [1.82, 2.24) is 10.2 Å². The molecule has 1 N–H and O–H groups in total. The minimum absolute atomic E-state index is 0. The number of carbonyl (C=O) groups is 2. The van der Waals surface area contributed by atoms with E-state index in [0.717, 1.165) is 38.9 Å². The number of benzene rings is 1. The first-order valence-electron chi connectivity index (χ1n) is 8.37. The molecule has 1 fully saturated rings. The van der Waals surface area contributed by atoms with Gasteiger partial charge in [0.2, 0.25) is 5.91 Å². The predicted octanol–water partition coefficient (Wildman–Crippen LogP) is 3.39. The lowest BCUT2D eigenvalue weighted by molar-refractivity contribution is -0.129. The topological polar surface area (TPSA) is 49.4 Å². The van der Waals surface area contributed by atoms with Gasteiger partial charge in [0.15, 0.2) is 5.78 Å². The largest absolute Gasteiger partial charge is 0.342 e. The van der Waals surface area contributed by atoms with Crippen LogP contribution in [0.5, 0.6) is 0 Å². The number of carbonyl (C=O) groups excluding carboxylic acids is 2. The first-order valence-corrected chi connectivity index (χ1v) is 9.35. The van der Waals surface area contributed by atoms with Gasteiger partial charge in [0, 0.05) is 18.0 Å². The molecule has 0 unspecified atom stereocenters. The zero-order chi connectivity index (χ0) is 17.5. The highest BCUT2D eigenvalue weighted by atomic mass is 35.5. The van der Waals surface area contributed by atoms with Crippen LogP contribution in [0.2, 0.25) is 0 Å². The molecule has 0 bridgehead atoms. The highest BCUT2D eigenvalue weighted by molar-refractivity contribution is 8.00. The van der Waals surface area contributed by atoms with Crippen molar-refractivity contribution in [2.45, 2.75) is 31.1 Å². The van der Waals surface area contributed by atoms with E-state index >= 15 is 0 Å². The maximum atomic E-state index is 13.8. The van der Waals surface area contributed by atoms with Crippen molar-refractivity contribution in [2.24, 2.45) is 5.92 Å². The molecule has 0 aromatic heterocycles. The Bertz CT molecular complexity index is 592. The second-order valence-electron chi connectivity index (χ2n) is 6.20. The SMILES string of the molecule is CNCCC1CCN(C(=O)CSc2ccc(C(C)=O)c(F)c2)CC1.Cl. The lowest BCUT2D eigenvalue weighted by Crippen LogP contribution is -2.39. The van der Waals surface area contributed by atoms with Crippen LogP contribution in [0.15, 0.2) is 23.1 Å². The van der Waals surface area contributed by atoms with Crippen LogP contribution in [-0.4, -0.2) is 49.0 Å². The van der Waals surface area contributed by atoms with Crippen molar-refractivity contribution < 1.29 is 14.0 Å². The molecule has 0 radical (unpaired) electrons. The molecule has 7 heteroatoms. The standard InChI is InChI=1S/C18H25FN2O2S.ClH/c1-13(22)16-4-3-15(11-17(16)19)24-12-18(23)21-9-6-14(7-10-21)5-8-20-2;/h3-4,11,14,20H,5-10,12H2,1-2H3;1H. The van der Waals surface area contributed by atoms with Crippen molar-refractivity contribution in [3.8, 4) is 0 Å². The Morgan fingerprint density at radius 2 is 2.00 bits per heavy atom. The molecule has 25 heavy (non-hydrogen) atoms. The summed E-state index contributed by atoms with van der Waals surface area (Å²) in [4.78, 5) is 26.1. The molecular formula is C18H26ClFN2O2S. The average Bonchev–Trinajstić information content (AvgIpc) is 2.58. The molecule has 1 aliphatic rings. The molecule has 0 saturated carbocycles. The van der Waals surface area contributed by atoms with Crippen molar-refractivity contribution in [3.05, 3.63) is 29.6 Å². The Labute approximate surface area is 159 Å². The van der Waals surface area contributed by atoms with Crippen molar-refractivity contribution in [3.63, 3.8) is 0 Å². The van der Waals surface area contributed by atoms with Gasteiger partial charge in [-0.15, -0.1) is 24.2 Å². The van der Waals surface area contributed by atoms with Crippen LogP contribution in [0.4, 0.5) is 4.39 Å². The van der Waals surface area contributed by atoms with E-state index in [1.807, 2.05) is 11.9 Å². The number of nitrogens with zero attached hydrogens (tertiary/aromatic N) is 1. The van der Waals surface area contributed by atoms with Crippen LogP contribution in [-0.2, 0) is 4.79 Å². The van der Waals surface area contributed by atoms with Gasteiger partial charge in [-0.1, -0.05) is 0 Å². The van der Waals surface area contributed by atoms with Crippen molar-refractivity contribution >= 4 is 35.9 Å². The molecule has 0 aliphatic carbocycles. The van der Waals surface area contributed by atoms with Crippen LogP contribution < -0.4 is 5.32 Å². The van der Waals surface area contributed by atoms with Crippen molar-refractivity contribution in [1.29, 1.82) is 0 Å². The van der Waals surface area contributed by atoms with E-state index < -0.39 is 5.82 Å². The average molecular weight is 389 g/mol. The second-order valence-corrected chi connectivity index (χ2v) is 7.25. The summed E-state index contributed by atoms with van der Waals surface area (Å²) in [6.07, 6.45) is 3.27. The maximum Gasteiger partial charge on any atom is 0.232 e. The number of rotatable bonds is 7. The number of ketones is 1. The highest BCUT2D eigenvalue weighted by Crippen LogP contribution is 2.24. The number of halogens is 2. The van der Waals surface area contributed by atoms with E-state index in [2.05, 4.69) is 5.32 Å². The summed E-state index contributed by atoms with van der Waals surface area (Å²) in [6.45, 7) is 3.99. The summed E-state index contributed by atoms with van der Waals surface area (Å²) in [5.74, 6) is 0.289. The van der Waals surface area contributed by atoms with Crippen LogP contribution in [0.3, 0.4) is 0 Å². The lowest BCUT2D eigenvalue weighted by atomic mass is 9.93. The fraction of sp³-hybridized carbons (Fsp3) is 0.556. The number of amides is 1. The first-order chi connectivity index (χ1) is 11.5. The smallest absolute Gasteiger partial charge is 0.232 e. The number of piperidine rings is 1. The molecule has 1 aromatic carbocycles. The predicted molar refractivity (Wildman–Crippen MR) is 102 cm³/mol. The molecule has 4 nitrogen and oxygen atoms in total. The zero-order valence-corrected chi connectivity index (χ0v) is 16.4. The number of hydrogen-bond acceptors (Lipinski definition) is 4. The number of nitrogens with one attached hydrogen (secondary N) is 1. The number of hydrogen-bond donors (Lipinski definition) is 1. The van der Waals surface area contributed by atoms with Gasteiger partial charge in [-0.2, -0.15) is 0 Å². The van der Waals surface area contributed by atoms with E-state index in [1.54, 1.807) is 6.07 Å². The van der Waals surface area contributed by atoms with Gasteiger partial charge in [0.25, 0.3) is 0 Å².